The molecule has 1 aliphatic rings. The molecule has 4 aromatic rings. The molecule has 33 heavy (non-hydrogen) atoms. The number of halogens is 2. The lowest BCUT2D eigenvalue weighted by Gasteiger charge is -2.23. The van der Waals surface area contributed by atoms with Crippen molar-refractivity contribution >= 4 is 45.1 Å². The molecule has 1 saturated heterocycles. The predicted molar refractivity (Wildman–Crippen MR) is 134 cm³/mol. The van der Waals surface area contributed by atoms with Crippen LogP contribution in [-0.4, -0.2) is 28.6 Å². The van der Waals surface area contributed by atoms with Gasteiger partial charge in [0.15, 0.2) is 6.29 Å². The molecule has 7 heteroatoms. The Hall–Kier alpha value is -2.31. The number of aryl methyl sites for hydroxylation is 2. The van der Waals surface area contributed by atoms with E-state index in [0.717, 1.165) is 53.4 Å². The minimum atomic E-state index is -0.142. The highest BCUT2D eigenvalue weighted by atomic mass is 35.5. The Morgan fingerprint density at radius 3 is 2.67 bits per heavy atom. The third kappa shape index (κ3) is 4.19. The zero-order valence-electron chi connectivity index (χ0n) is 18.7. The fourth-order valence-electron chi connectivity index (χ4n) is 4.71. The number of nitrogens with zero attached hydrogens (tertiary/aromatic N) is 2. The van der Waals surface area contributed by atoms with Gasteiger partial charge >= 0.3 is 0 Å². The topological polar surface area (TPSA) is 45.4 Å². The van der Waals surface area contributed by atoms with Gasteiger partial charge in [-0.25, -0.2) is 0 Å². The van der Waals surface area contributed by atoms with E-state index in [1.165, 1.54) is 0 Å². The lowest BCUT2D eigenvalue weighted by Crippen LogP contribution is -2.25. The summed E-state index contributed by atoms with van der Waals surface area (Å²) in [4.78, 5) is 13.4. The number of benzene rings is 2. The fraction of sp³-hybridized carbons (Fsp3) is 0.346. The van der Waals surface area contributed by atoms with E-state index in [1.54, 1.807) is 22.8 Å². The van der Waals surface area contributed by atoms with Crippen LogP contribution in [0.4, 0.5) is 0 Å². The van der Waals surface area contributed by atoms with Crippen molar-refractivity contribution < 1.29 is 9.47 Å². The van der Waals surface area contributed by atoms with Crippen LogP contribution in [0, 0.1) is 6.92 Å². The molecule has 0 bridgehead atoms. The van der Waals surface area contributed by atoms with Crippen LogP contribution < -0.4 is 5.56 Å². The Morgan fingerprint density at radius 1 is 1.06 bits per heavy atom. The number of ether oxygens (including phenoxy) is 2. The molecular weight excluding hydrogens is 459 g/mol. The summed E-state index contributed by atoms with van der Waals surface area (Å²) >= 11 is 12.5. The lowest BCUT2D eigenvalue weighted by atomic mass is 10.0. The zero-order chi connectivity index (χ0) is 23.1. The average molecular weight is 485 g/mol. The minimum absolute atomic E-state index is 0.107. The Kier molecular flexibility index (Phi) is 6.23. The number of pyridine rings is 1. The molecule has 172 valence electrons. The van der Waals surface area contributed by atoms with Gasteiger partial charge in [-0.05, 0) is 56.5 Å². The standard InChI is InChI=1S/C26H26Cl2N2O3/c1-16-6-9-23-19(13-16)20-15-21(18-8-7-17(27)14-22(18)28)26(31)29(2)25(20)30(23)10-12-33-24-5-3-4-11-32-24/h6-9,13-15,24H,3-5,10-12H2,1-2H3. The van der Waals surface area contributed by atoms with Gasteiger partial charge in [0.05, 0.1) is 17.1 Å². The summed E-state index contributed by atoms with van der Waals surface area (Å²) < 4.78 is 15.6. The Bertz CT molecular complexity index is 1400. The molecule has 5 rings (SSSR count). The fourth-order valence-corrected chi connectivity index (χ4v) is 5.22. The second-order valence-corrected chi connectivity index (χ2v) is 9.47. The molecule has 0 saturated carbocycles. The first-order valence-corrected chi connectivity index (χ1v) is 12.0. The highest BCUT2D eigenvalue weighted by Gasteiger charge is 2.20. The number of aromatic nitrogens is 2. The largest absolute Gasteiger partial charge is 0.353 e. The van der Waals surface area contributed by atoms with Crippen LogP contribution in [0.1, 0.15) is 24.8 Å². The molecule has 0 spiro atoms. The molecule has 0 amide bonds. The maximum atomic E-state index is 13.4. The van der Waals surface area contributed by atoms with Crippen molar-refractivity contribution in [3.63, 3.8) is 0 Å². The maximum absolute atomic E-state index is 13.4. The molecule has 1 unspecified atom stereocenters. The van der Waals surface area contributed by atoms with E-state index in [9.17, 15) is 4.79 Å². The third-order valence-electron chi connectivity index (χ3n) is 6.35. The molecule has 2 aromatic carbocycles. The van der Waals surface area contributed by atoms with Gasteiger partial charge in [0.25, 0.3) is 5.56 Å². The summed E-state index contributed by atoms with van der Waals surface area (Å²) in [5.74, 6) is 0. The molecule has 0 aliphatic carbocycles. The number of rotatable bonds is 5. The van der Waals surface area contributed by atoms with E-state index >= 15 is 0 Å². The van der Waals surface area contributed by atoms with E-state index in [2.05, 4.69) is 29.7 Å². The predicted octanol–water partition coefficient (Wildman–Crippen LogP) is 6.32. The third-order valence-corrected chi connectivity index (χ3v) is 6.90. The van der Waals surface area contributed by atoms with Crippen LogP contribution >= 0.6 is 23.2 Å². The molecule has 1 aliphatic heterocycles. The van der Waals surface area contributed by atoms with Gasteiger partial charge in [0, 0.05) is 47.1 Å². The van der Waals surface area contributed by atoms with Gasteiger partial charge in [-0.3, -0.25) is 9.36 Å². The van der Waals surface area contributed by atoms with Crippen LogP contribution in [0.15, 0.2) is 47.3 Å². The summed E-state index contributed by atoms with van der Waals surface area (Å²) in [6, 6.07) is 13.5. The summed E-state index contributed by atoms with van der Waals surface area (Å²) in [5, 5.41) is 3.10. The highest BCUT2D eigenvalue weighted by Crippen LogP contribution is 2.34. The first kappa shape index (κ1) is 22.5. The highest BCUT2D eigenvalue weighted by molar-refractivity contribution is 6.36. The van der Waals surface area contributed by atoms with Gasteiger partial charge in [0.1, 0.15) is 5.65 Å². The molecule has 5 nitrogen and oxygen atoms in total. The molecule has 1 atom stereocenters. The zero-order valence-corrected chi connectivity index (χ0v) is 20.2. The van der Waals surface area contributed by atoms with Crippen LogP contribution in [0.25, 0.3) is 33.1 Å². The van der Waals surface area contributed by atoms with E-state index < -0.39 is 0 Å². The first-order chi connectivity index (χ1) is 15.9. The van der Waals surface area contributed by atoms with Crippen molar-refractivity contribution in [2.75, 3.05) is 13.2 Å². The summed E-state index contributed by atoms with van der Waals surface area (Å²) in [7, 11) is 1.81. The van der Waals surface area contributed by atoms with Crippen molar-refractivity contribution in [1.82, 2.24) is 9.13 Å². The van der Waals surface area contributed by atoms with Gasteiger partial charge in [0.2, 0.25) is 0 Å². The van der Waals surface area contributed by atoms with E-state index in [-0.39, 0.29) is 11.8 Å². The Morgan fingerprint density at radius 2 is 1.91 bits per heavy atom. The number of fused-ring (bicyclic) bond motifs is 3. The summed E-state index contributed by atoms with van der Waals surface area (Å²) in [6.45, 7) is 3.96. The maximum Gasteiger partial charge on any atom is 0.259 e. The quantitative estimate of drug-likeness (QED) is 0.333. The summed E-state index contributed by atoms with van der Waals surface area (Å²) in [6.07, 6.45) is 3.00. The van der Waals surface area contributed by atoms with Crippen molar-refractivity contribution in [3.05, 3.63) is 68.4 Å². The van der Waals surface area contributed by atoms with Gasteiger partial charge < -0.3 is 14.0 Å². The molecular formula is C26H26Cl2N2O3. The smallest absolute Gasteiger partial charge is 0.259 e. The average Bonchev–Trinajstić information content (AvgIpc) is 3.10. The molecule has 2 aromatic heterocycles. The van der Waals surface area contributed by atoms with Crippen molar-refractivity contribution in [2.45, 2.75) is 39.0 Å². The summed E-state index contributed by atoms with van der Waals surface area (Å²) in [5.41, 5.74) is 4.21. The van der Waals surface area contributed by atoms with Crippen LogP contribution in [0.2, 0.25) is 10.0 Å². The van der Waals surface area contributed by atoms with Gasteiger partial charge in [-0.15, -0.1) is 0 Å². The van der Waals surface area contributed by atoms with Crippen LogP contribution in [-0.2, 0) is 23.1 Å². The molecule has 3 heterocycles. The minimum Gasteiger partial charge on any atom is -0.353 e. The Labute approximate surface area is 202 Å². The second kappa shape index (κ2) is 9.15. The van der Waals surface area contributed by atoms with Gasteiger partial charge in [-0.2, -0.15) is 0 Å². The number of hydrogen-bond donors (Lipinski definition) is 0. The Balaban J connectivity index is 1.64. The molecule has 0 N–H and O–H groups in total. The van der Waals surface area contributed by atoms with Gasteiger partial charge in [-0.1, -0.05) is 40.9 Å². The normalized spacial score (nSPS) is 16.7. The molecule has 0 radical (unpaired) electrons. The van der Waals surface area contributed by atoms with E-state index in [0.29, 0.717) is 34.3 Å². The second-order valence-electron chi connectivity index (χ2n) is 8.62. The van der Waals surface area contributed by atoms with Crippen molar-refractivity contribution in [3.8, 4) is 11.1 Å². The lowest BCUT2D eigenvalue weighted by molar-refractivity contribution is -0.163. The molecule has 1 fully saturated rings. The van der Waals surface area contributed by atoms with E-state index in [1.807, 2.05) is 13.1 Å². The van der Waals surface area contributed by atoms with Crippen LogP contribution in [0.5, 0.6) is 0 Å². The van der Waals surface area contributed by atoms with Crippen LogP contribution in [0.3, 0.4) is 0 Å². The monoisotopic (exact) mass is 484 g/mol. The first-order valence-electron chi connectivity index (χ1n) is 11.3. The SMILES string of the molecule is Cc1ccc2c(c1)c1cc(-c3ccc(Cl)cc3Cl)c(=O)n(C)c1n2CCOC1CCCCO1. The number of hydrogen-bond acceptors (Lipinski definition) is 3. The van der Waals surface area contributed by atoms with E-state index in [4.69, 9.17) is 32.7 Å². The van der Waals surface area contributed by atoms with Crippen molar-refractivity contribution in [2.24, 2.45) is 7.05 Å². The van der Waals surface area contributed by atoms with Crippen molar-refractivity contribution in [1.29, 1.82) is 0 Å².